The van der Waals surface area contributed by atoms with Crippen molar-refractivity contribution in [2.24, 2.45) is 0 Å². The molecule has 0 spiro atoms. The number of carbonyl (C=O) groups is 2. The van der Waals surface area contributed by atoms with Crippen LogP contribution in [0.2, 0.25) is 0 Å². The van der Waals surface area contributed by atoms with Crippen LogP contribution in [0.15, 0.2) is 42.5 Å². The average Bonchev–Trinajstić information content (AvgIpc) is 2.88. The Hall–Kier alpha value is -3.02. The molecule has 0 aromatic heterocycles. The fraction of sp³-hybridized carbons (Fsp3) is 0.517. The minimum absolute atomic E-state index is 0.00575. The number of benzene rings is 2. The number of nitrogens with one attached hydrogen (secondary N) is 1. The molecule has 0 radical (unpaired) electrons. The molecule has 1 fully saturated rings. The number of aryl methyl sites for hydroxylation is 2. The Bertz CT molecular complexity index is 1020. The Morgan fingerprint density at radius 1 is 1.03 bits per heavy atom. The number of carbonyl (C=O) groups excluding carboxylic acids is 2. The summed E-state index contributed by atoms with van der Waals surface area (Å²) in [6, 6.07) is 13.7. The van der Waals surface area contributed by atoms with E-state index < -0.39 is 6.04 Å². The topological polar surface area (TPSA) is 67.9 Å². The maximum Gasteiger partial charge on any atom is 0.243 e. The smallest absolute Gasteiger partial charge is 0.243 e. The van der Waals surface area contributed by atoms with Crippen molar-refractivity contribution in [1.82, 2.24) is 10.2 Å². The fourth-order valence-corrected chi connectivity index (χ4v) is 5.07. The van der Waals surface area contributed by atoms with E-state index in [0.29, 0.717) is 39.0 Å². The highest BCUT2D eigenvalue weighted by molar-refractivity contribution is 5.88. The third-order valence-electron chi connectivity index (χ3n) is 7.17. The van der Waals surface area contributed by atoms with E-state index in [1.54, 1.807) is 4.90 Å². The molecular weight excluding hydrogens is 440 g/mol. The summed E-state index contributed by atoms with van der Waals surface area (Å²) in [5.41, 5.74) is 3.22. The van der Waals surface area contributed by atoms with Gasteiger partial charge in [-0.05, 0) is 61.4 Å². The van der Waals surface area contributed by atoms with E-state index in [1.165, 1.54) is 6.42 Å². The van der Waals surface area contributed by atoms with Crippen LogP contribution in [0, 0.1) is 6.92 Å². The van der Waals surface area contributed by atoms with Gasteiger partial charge in [0.15, 0.2) is 11.5 Å². The molecule has 1 atom stereocenters. The zero-order valence-electron chi connectivity index (χ0n) is 21.1. The minimum Gasteiger partial charge on any atom is -0.486 e. The highest BCUT2D eigenvalue weighted by Gasteiger charge is 2.30. The van der Waals surface area contributed by atoms with E-state index in [2.05, 4.69) is 18.3 Å². The maximum atomic E-state index is 13.6. The first-order chi connectivity index (χ1) is 17.0. The third-order valence-corrected chi connectivity index (χ3v) is 7.17. The monoisotopic (exact) mass is 478 g/mol. The Balaban J connectivity index is 1.49. The molecule has 1 N–H and O–H groups in total. The Labute approximate surface area is 209 Å². The molecule has 188 valence electrons. The first-order valence-corrected chi connectivity index (χ1v) is 13.1. The van der Waals surface area contributed by atoms with Crippen molar-refractivity contribution in [3.63, 3.8) is 0 Å². The second-order valence-electron chi connectivity index (χ2n) is 9.69. The van der Waals surface area contributed by atoms with Gasteiger partial charge in [-0.25, -0.2) is 0 Å². The lowest BCUT2D eigenvalue weighted by molar-refractivity contribution is -0.141. The second kappa shape index (κ2) is 12.1. The van der Waals surface area contributed by atoms with Crippen LogP contribution in [0.5, 0.6) is 11.5 Å². The second-order valence-corrected chi connectivity index (χ2v) is 9.69. The molecule has 1 unspecified atom stereocenters. The van der Waals surface area contributed by atoms with Gasteiger partial charge in [0.2, 0.25) is 11.8 Å². The van der Waals surface area contributed by atoms with Crippen LogP contribution < -0.4 is 14.8 Å². The number of rotatable bonds is 9. The molecular formula is C29H38N2O4. The molecule has 6 nitrogen and oxygen atoms in total. The number of ether oxygens (including phenoxy) is 2. The molecule has 1 aliphatic carbocycles. The van der Waals surface area contributed by atoms with Gasteiger partial charge >= 0.3 is 0 Å². The molecule has 6 heteroatoms. The molecule has 1 heterocycles. The van der Waals surface area contributed by atoms with Crippen LogP contribution in [0.1, 0.15) is 68.6 Å². The van der Waals surface area contributed by atoms with E-state index in [0.717, 1.165) is 53.9 Å². The van der Waals surface area contributed by atoms with Crippen molar-refractivity contribution in [2.45, 2.75) is 83.8 Å². The standard InChI is InChI=1S/C29H38N2O4/c1-3-25(29(33)30-24-11-5-4-6-12-24)31(20-23-10-8-7-9-21(23)2)28(32)16-14-22-13-15-26-27(19-22)35-18-17-34-26/h7-10,13,15,19,24-25H,3-6,11-12,14,16-18,20H2,1-2H3,(H,30,33). The van der Waals surface area contributed by atoms with Gasteiger partial charge in [-0.15, -0.1) is 0 Å². The average molecular weight is 479 g/mol. The molecule has 0 saturated heterocycles. The lowest BCUT2D eigenvalue weighted by Gasteiger charge is -2.33. The number of fused-ring (bicyclic) bond motifs is 1. The predicted octanol–water partition coefficient (Wildman–Crippen LogP) is 4.96. The Kier molecular flexibility index (Phi) is 8.67. The molecule has 2 aliphatic rings. The van der Waals surface area contributed by atoms with Crippen LogP contribution >= 0.6 is 0 Å². The van der Waals surface area contributed by atoms with Crippen molar-refractivity contribution >= 4 is 11.8 Å². The van der Waals surface area contributed by atoms with Crippen molar-refractivity contribution < 1.29 is 19.1 Å². The molecule has 2 aromatic rings. The first kappa shape index (κ1) is 25.1. The number of hydrogen-bond acceptors (Lipinski definition) is 4. The molecule has 1 aliphatic heterocycles. The van der Waals surface area contributed by atoms with Crippen molar-refractivity contribution in [2.75, 3.05) is 13.2 Å². The fourth-order valence-electron chi connectivity index (χ4n) is 5.07. The van der Waals surface area contributed by atoms with Gasteiger partial charge in [0.25, 0.3) is 0 Å². The molecule has 1 saturated carbocycles. The SMILES string of the molecule is CCC(C(=O)NC1CCCCC1)N(Cc1ccccc1C)C(=O)CCc1ccc2c(c1)OCCO2. The summed E-state index contributed by atoms with van der Waals surface area (Å²) < 4.78 is 11.3. The molecule has 35 heavy (non-hydrogen) atoms. The molecule has 2 aromatic carbocycles. The van der Waals surface area contributed by atoms with Gasteiger partial charge in [0.05, 0.1) is 0 Å². The van der Waals surface area contributed by atoms with Crippen molar-refractivity contribution in [3.8, 4) is 11.5 Å². The zero-order chi connectivity index (χ0) is 24.6. The molecule has 0 bridgehead atoms. The van der Waals surface area contributed by atoms with Crippen LogP contribution in [0.4, 0.5) is 0 Å². The summed E-state index contributed by atoms with van der Waals surface area (Å²) in [4.78, 5) is 28.8. The van der Waals surface area contributed by atoms with Gasteiger partial charge < -0.3 is 19.7 Å². The van der Waals surface area contributed by atoms with E-state index in [1.807, 2.05) is 43.3 Å². The Morgan fingerprint density at radius 3 is 2.51 bits per heavy atom. The third kappa shape index (κ3) is 6.56. The van der Waals surface area contributed by atoms with Crippen LogP contribution in [-0.4, -0.2) is 42.0 Å². The lowest BCUT2D eigenvalue weighted by atomic mass is 9.95. The summed E-state index contributed by atoms with van der Waals surface area (Å²) in [5.74, 6) is 1.45. The van der Waals surface area contributed by atoms with Crippen molar-refractivity contribution in [1.29, 1.82) is 0 Å². The van der Waals surface area contributed by atoms with E-state index in [9.17, 15) is 9.59 Å². The normalized spacial score (nSPS) is 16.4. The van der Waals surface area contributed by atoms with Gasteiger partial charge in [-0.2, -0.15) is 0 Å². The van der Waals surface area contributed by atoms with Crippen LogP contribution in [0.25, 0.3) is 0 Å². The number of amides is 2. The number of hydrogen-bond donors (Lipinski definition) is 1. The highest BCUT2D eigenvalue weighted by Crippen LogP contribution is 2.31. The zero-order valence-corrected chi connectivity index (χ0v) is 21.1. The van der Waals surface area contributed by atoms with Crippen molar-refractivity contribution in [3.05, 3.63) is 59.2 Å². The van der Waals surface area contributed by atoms with Gasteiger partial charge in [-0.1, -0.05) is 56.5 Å². The van der Waals surface area contributed by atoms with Gasteiger partial charge in [0.1, 0.15) is 19.3 Å². The Morgan fingerprint density at radius 2 is 1.77 bits per heavy atom. The van der Waals surface area contributed by atoms with Gasteiger partial charge in [0, 0.05) is 19.0 Å². The largest absolute Gasteiger partial charge is 0.486 e. The minimum atomic E-state index is -0.482. The summed E-state index contributed by atoms with van der Waals surface area (Å²) in [5, 5.41) is 3.25. The predicted molar refractivity (Wildman–Crippen MR) is 137 cm³/mol. The highest BCUT2D eigenvalue weighted by atomic mass is 16.6. The van der Waals surface area contributed by atoms with Gasteiger partial charge in [-0.3, -0.25) is 9.59 Å². The van der Waals surface area contributed by atoms with E-state index >= 15 is 0 Å². The summed E-state index contributed by atoms with van der Waals surface area (Å²) >= 11 is 0. The maximum absolute atomic E-state index is 13.6. The first-order valence-electron chi connectivity index (χ1n) is 13.1. The number of nitrogens with zero attached hydrogens (tertiary/aromatic N) is 1. The summed E-state index contributed by atoms with van der Waals surface area (Å²) in [7, 11) is 0. The van der Waals surface area contributed by atoms with E-state index in [-0.39, 0.29) is 17.9 Å². The van der Waals surface area contributed by atoms with E-state index in [4.69, 9.17) is 9.47 Å². The summed E-state index contributed by atoms with van der Waals surface area (Å²) in [6.07, 6.45) is 7.10. The lowest BCUT2D eigenvalue weighted by Crippen LogP contribution is -2.51. The molecule has 2 amide bonds. The summed E-state index contributed by atoms with van der Waals surface area (Å²) in [6.45, 7) is 5.57. The quantitative estimate of drug-likeness (QED) is 0.553. The van der Waals surface area contributed by atoms with Crippen LogP contribution in [-0.2, 0) is 22.6 Å². The molecule has 4 rings (SSSR count). The van der Waals surface area contributed by atoms with Crippen LogP contribution in [0.3, 0.4) is 0 Å².